The minimum Gasteiger partial charge on any atom is -0.330 e. The monoisotopic (exact) mass is 206 g/mol. The van der Waals surface area contributed by atoms with Gasteiger partial charge in [0.15, 0.2) is 0 Å². The molecule has 2 heterocycles. The number of piperidine rings is 1. The van der Waals surface area contributed by atoms with E-state index in [0.717, 1.165) is 31.8 Å². The summed E-state index contributed by atoms with van der Waals surface area (Å²) < 4.78 is 0. The third-order valence-electron chi connectivity index (χ3n) is 3.07. The summed E-state index contributed by atoms with van der Waals surface area (Å²) >= 11 is 0. The average Bonchev–Trinajstić information content (AvgIpc) is 2.32. The molecule has 1 aromatic rings. The first-order valence-electron chi connectivity index (χ1n) is 5.58. The van der Waals surface area contributed by atoms with Gasteiger partial charge in [0.1, 0.15) is 6.33 Å². The second kappa shape index (κ2) is 5.19. The molecule has 3 N–H and O–H groups in total. The van der Waals surface area contributed by atoms with Crippen LogP contribution in [0.2, 0.25) is 0 Å². The fourth-order valence-corrected chi connectivity index (χ4v) is 2.17. The smallest absolute Gasteiger partial charge is 0.115 e. The number of hydrogen-bond donors (Lipinski definition) is 2. The zero-order valence-corrected chi connectivity index (χ0v) is 8.89. The van der Waals surface area contributed by atoms with Crippen LogP contribution >= 0.6 is 0 Å². The van der Waals surface area contributed by atoms with Gasteiger partial charge in [0, 0.05) is 24.0 Å². The molecule has 1 aliphatic rings. The minimum absolute atomic E-state index is 0.431. The van der Waals surface area contributed by atoms with E-state index in [9.17, 15) is 0 Å². The summed E-state index contributed by atoms with van der Waals surface area (Å²) in [7, 11) is 0. The Balaban J connectivity index is 1.88. The van der Waals surface area contributed by atoms with Gasteiger partial charge in [-0.2, -0.15) is 0 Å². The number of hydrogen-bond acceptors (Lipinski definition) is 4. The fourth-order valence-electron chi connectivity index (χ4n) is 2.17. The summed E-state index contributed by atoms with van der Waals surface area (Å²) in [5, 5.41) is 3.53. The highest BCUT2D eigenvalue weighted by Crippen LogP contribution is 2.25. The first-order chi connectivity index (χ1) is 7.40. The molecule has 0 spiro atoms. The number of rotatable bonds is 3. The molecule has 82 valence electrons. The highest BCUT2D eigenvalue weighted by atomic mass is 14.9. The van der Waals surface area contributed by atoms with Crippen LogP contribution in [0.1, 0.15) is 30.9 Å². The third kappa shape index (κ3) is 2.73. The van der Waals surface area contributed by atoms with Gasteiger partial charge in [-0.3, -0.25) is 0 Å². The van der Waals surface area contributed by atoms with E-state index in [0.29, 0.717) is 6.04 Å². The van der Waals surface area contributed by atoms with Gasteiger partial charge in [-0.25, -0.2) is 9.97 Å². The Labute approximate surface area is 90.3 Å². The van der Waals surface area contributed by atoms with Gasteiger partial charge in [0.05, 0.1) is 0 Å². The first-order valence-corrected chi connectivity index (χ1v) is 5.58. The largest absolute Gasteiger partial charge is 0.330 e. The predicted octanol–water partition coefficient (Wildman–Crippen LogP) is 0.866. The maximum Gasteiger partial charge on any atom is 0.115 e. The van der Waals surface area contributed by atoms with E-state index in [-0.39, 0.29) is 0 Å². The number of nitrogens with two attached hydrogens (primary N) is 1. The van der Waals surface area contributed by atoms with E-state index in [4.69, 9.17) is 5.73 Å². The highest BCUT2D eigenvalue weighted by Gasteiger charge is 2.21. The van der Waals surface area contributed by atoms with Crippen LogP contribution in [0.5, 0.6) is 0 Å². The normalized spacial score (nSPS) is 26.5. The molecule has 1 aliphatic heterocycles. The maximum atomic E-state index is 5.56. The molecule has 1 fully saturated rings. The van der Waals surface area contributed by atoms with Crippen molar-refractivity contribution in [2.24, 2.45) is 11.7 Å². The molecular weight excluding hydrogens is 188 g/mol. The van der Waals surface area contributed by atoms with Crippen LogP contribution < -0.4 is 11.1 Å². The molecule has 0 aliphatic carbocycles. The van der Waals surface area contributed by atoms with Crippen LogP contribution in [0.4, 0.5) is 0 Å². The van der Waals surface area contributed by atoms with Crippen molar-refractivity contribution >= 4 is 0 Å². The van der Waals surface area contributed by atoms with Gasteiger partial charge >= 0.3 is 0 Å². The molecule has 0 radical (unpaired) electrons. The standard InChI is InChI=1S/C11H18N4/c12-4-3-9-1-2-11(15-5-9)10-6-13-8-14-7-10/h6-9,11,15H,1-5,12H2. The molecule has 0 aromatic carbocycles. The maximum absolute atomic E-state index is 5.56. The molecule has 2 unspecified atom stereocenters. The Morgan fingerprint density at radius 1 is 1.33 bits per heavy atom. The SMILES string of the molecule is NCCC1CCC(c2cncnc2)NC1. The minimum atomic E-state index is 0.431. The van der Waals surface area contributed by atoms with Crippen molar-refractivity contribution in [2.75, 3.05) is 13.1 Å². The number of nitrogens with zero attached hydrogens (tertiary/aromatic N) is 2. The van der Waals surface area contributed by atoms with Crippen molar-refractivity contribution in [2.45, 2.75) is 25.3 Å². The first kappa shape index (κ1) is 10.5. The Morgan fingerprint density at radius 3 is 2.73 bits per heavy atom. The van der Waals surface area contributed by atoms with Crippen LogP contribution in [0, 0.1) is 5.92 Å². The van der Waals surface area contributed by atoms with Crippen LogP contribution in [0.3, 0.4) is 0 Å². The molecule has 4 nitrogen and oxygen atoms in total. The Hall–Kier alpha value is -1.00. The molecule has 0 saturated carbocycles. The second-order valence-electron chi connectivity index (χ2n) is 4.15. The van der Waals surface area contributed by atoms with Crippen molar-refractivity contribution in [3.8, 4) is 0 Å². The molecule has 1 saturated heterocycles. The zero-order valence-electron chi connectivity index (χ0n) is 8.89. The molecule has 0 bridgehead atoms. The molecule has 2 rings (SSSR count). The lowest BCUT2D eigenvalue weighted by molar-refractivity contribution is 0.303. The highest BCUT2D eigenvalue weighted by molar-refractivity contribution is 5.10. The zero-order chi connectivity index (χ0) is 10.5. The third-order valence-corrected chi connectivity index (χ3v) is 3.07. The molecule has 4 heteroatoms. The van der Waals surface area contributed by atoms with Crippen LogP contribution in [0.25, 0.3) is 0 Å². The van der Waals surface area contributed by atoms with Crippen LogP contribution in [-0.4, -0.2) is 23.1 Å². The van der Waals surface area contributed by atoms with Gasteiger partial charge in [0.25, 0.3) is 0 Å². The summed E-state index contributed by atoms with van der Waals surface area (Å²) in [5.74, 6) is 0.746. The molecular formula is C11H18N4. The summed E-state index contributed by atoms with van der Waals surface area (Å²) in [6.07, 6.45) is 8.91. The lowest BCUT2D eigenvalue weighted by atomic mass is 9.90. The van der Waals surface area contributed by atoms with Crippen molar-refractivity contribution < 1.29 is 0 Å². The van der Waals surface area contributed by atoms with Gasteiger partial charge in [-0.05, 0) is 38.3 Å². The van der Waals surface area contributed by atoms with Gasteiger partial charge in [-0.1, -0.05) is 0 Å². The van der Waals surface area contributed by atoms with Gasteiger partial charge in [0.2, 0.25) is 0 Å². The van der Waals surface area contributed by atoms with E-state index in [2.05, 4.69) is 15.3 Å². The number of aromatic nitrogens is 2. The lowest BCUT2D eigenvalue weighted by Gasteiger charge is -2.29. The topological polar surface area (TPSA) is 63.8 Å². The number of nitrogens with one attached hydrogen (secondary N) is 1. The fraction of sp³-hybridized carbons (Fsp3) is 0.636. The van der Waals surface area contributed by atoms with E-state index in [1.165, 1.54) is 12.0 Å². The Morgan fingerprint density at radius 2 is 2.13 bits per heavy atom. The van der Waals surface area contributed by atoms with Gasteiger partial charge < -0.3 is 11.1 Å². The molecule has 0 amide bonds. The van der Waals surface area contributed by atoms with E-state index < -0.39 is 0 Å². The van der Waals surface area contributed by atoms with Crippen LogP contribution in [0.15, 0.2) is 18.7 Å². The Bertz CT molecular complexity index is 280. The molecule has 1 aromatic heterocycles. The lowest BCUT2D eigenvalue weighted by Crippen LogP contribution is -2.34. The van der Waals surface area contributed by atoms with E-state index in [1.54, 1.807) is 6.33 Å². The Kier molecular flexibility index (Phi) is 3.64. The van der Waals surface area contributed by atoms with Gasteiger partial charge in [-0.15, -0.1) is 0 Å². The quantitative estimate of drug-likeness (QED) is 0.770. The summed E-state index contributed by atoms with van der Waals surface area (Å²) in [6, 6.07) is 0.431. The molecule has 2 atom stereocenters. The molecule has 15 heavy (non-hydrogen) atoms. The average molecular weight is 206 g/mol. The van der Waals surface area contributed by atoms with Crippen molar-refractivity contribution in [1.82, 2.24) is 15.3 Å². The summed E-state index contributed by atoms with van der Waals surface area (Å²) in [6.45, 7) is 1.86. The van der Waals surface area contributed by atoms with E-state index in [1.807, 2.05) is 12.4 Å². The summed E-state index contributed by atoms with van der Waals surface area (Å²) in [4.78, 5) is 8.09. The van der Waals surface area contributed by atoms with Crippen molar-refractivity contribution in [3.63, 3.8) is 0 Å². The van der Waals surface area contributed by atoms with Crippen LogP contribution in [-0.2, 0) is 0 Å². The summed E-state index contributed by atoms with van der Waals surface area (Å²) in [5.41, 5.74) is 6.76. The van der Waals surface area contributed by atoms with E-state index >= 15 is 0 Å². The van der Waals surface area contributed by atoms with Crippen molar-refractivity contribution in [3.05, 3.63) is 24.3 Å². The predicted molar refractivity (Wildman–Crippen MR) is 59.2 cm³/mol. The second-order valence-corrected chi connectivity index (χ2v) is 4.15. The van der Waals surface area contributed by atoms with Crippen molar-refractivity contribution in [1.29, 1.82) is 0 Å².